The highest BCUT2D eigenvalue weighted by Gasteiger charge is 2.53. The minimum atomic E-state index is -2.66. The van der Waals surface area contributed by atoms with Crippen molar-refractivity contribution < 1.29 is 24.5 Å². The number of nitrogen functional groups attached to an aromatic ring is 1. The lowest BCUT2D eigenvalue weighted by molar-refractivity contribution is -0.215. The zero-order valence-corrected chi connectivity index (χ0v) is 27.6. The lowest BCUT2D eigenvalue weighted by Crippen LogP contribution is -2.70. The van der Waals surface area contributed by atoms with Crippen LogP contribution in [0.3, 0.4) is 0 Å². The monoisotopic (exact) mass is 676 g/mol. The molecule has 50 heavy (non-hydrogen) atoms. The van der Waals surface area contributed by atoms with Gasteiger partial charge in [0.1, 0.15) is 17.0 Å². The van der Waals surface area contributed by atoms with Gasteiger partial charge in [0.2, 0.25) is 11.8 Å². The van der Waals surface area contributed by atoms with Gasteiger partial charge in [-0.05, 0) is 79.8 Å². The molecule has 256 valence electrons. The third-order valence-corrected chi connectivity index (χ3v) is 10.5. The van der Waals surface area contributed by atoms with E-state index >= 15 is 4.39 Å². The number of hydrogen-bond donors (Lipinski definition) is 5. The van der Waals surface area contributed by atoms with Crippen molar-refractivity contribution in [1.29, 1.82) is 0 Å². The Morgan fingerprint density at radius 3 is 2.34 bits per heavy atom. The summed E-state index contributed by atoms with van der Waals surface area (Å²) in [6.45, 7) is 0.470. The van der Waals surface area contributed by atoms with Crippen molar-refractivity contribution in [3.63, 3.8) is 0 Å². The van der Waals surface area contributed by atoms with Gasteiger partial charge in [0.25, 0.3) is 0 Å². The first-order valence-electron chi connectivity index (χ1n) is 16.9. The normalized spacial score (nSPS) is 23.0. The second-order valence-corrected chi connectivity index (χ2v) is 14.0. The molecule has 1 aliphatic carbocycles. The summed E-state index contributed by atoms with van der Waals surface area (Å²) in [5.74, 6) is -2.77. The van der Waals surface area contributed by atoms with Gasteiger partial charge in [-0.25, -0.2) is 19.3 Å². The van der Waals surface area contributed by atoms with Crippen molar-refractivity contribution in [3.05, 3.63) is 84.3 Å². The molecule has 0 bridgehead atoms. The van der Waals surface area contributed by atoms with E-state index in [0.717, 1.165) is 35.4 Å². The molecule has 2 atom stereocenters. The van der Waals surface area contributed by atoms with Crippen LogP contribution < -0.4 is 16.4 Å². The standard InChI is InChI=1S/C36H38BFN8O4/c37-35(48)19-23(44-18-3-8-29(44)47)20-36(49,50)46(35)28-7-1-5-24(30(28)38)26-13-14-27-33(42-26)45(32(43-27)25-6-2-17-41-31(25)39)22-11-9-21(10-12-22)34(40)15-4-16-34/h1-2,5-7,9-14,17,23,48-50H,3-4,8,15-16,18-20,37,40H2,(H2,39,41). The summed E-state index contributed by atoms with van der Waals surface area (Å²) in [6.07, 6.45) is 5.28. The number of rotatable bonds is 6. The van der Waals surface area contributed by atoms with Crippen LogP contribution in [0.5, 0.6) is 0 Å². The quantitative estimate of drug-likeness (QED) is 0.133. The van der Waals surface area contributed by atoms with Gasteiger partial charge in [0.15, 0.2) is 25.1 Å². The number of likely N-dealkylation sites (tertiary alicyclic amines) is 1. The van der Waals surface area contributed by atoms with E-state index in [4.69, 9.17) is 21.4 Å². The molecule has 5 aromatic rings. The first-order chi connectivity index (χ1) is 23.9. The summed E-state index contributed by atoms with van der Waals surface area (Å²) < 4.78 is 18.5. The average Bonchev–Trinajstić information content (AvgIpc) is 3.67. The van der Waals surface area contributed by atoms with E-state index in [1.54, 1.807) is 41.4 Å². The maximum absolute atomic E-state index is 16.7. The zero-order valence-electron chi connectivity index (χ0n) is 27.6. The zero-order chi connectivity index (χ0) is 35.0. The summed E-state index contributed by atoms with van der Waals surface area (Å²) >= 11 is 0. The van der Waals surface area contributed by atoms with E-state index in [0.29, 0.717) is 41.9 Å². The molecule has 8 rings (SSSR count). The number of carbonyl (C=O) groups is 1. The molecule has 2 aromatic carbocycles. The molecule has 0 spiro atoms. The molecular weight excluding hydrogens is 638 g/mol. The van der Waals surface area contributed by atoms with Crippen molar-refractivity contribution in [2.75, 3.05) is 17.2 Å². The van der Waals surface area contributed by atoms with Crippen molar-refractivity contribution in [2.45, 2.75) is 68.1 Å². The first kappa shape index (κ1) is 32.3. The number of benzene rings is 2. The highest BCUT2D eigenvalue weighted by molar-refractivity contribution is 6.16. The number of pyridine rings is 2. The van der Waals surface area contributed by atoms with Crippen molar-refractivity contribution in [3.8, 4) is 28.3 Å². The average molecular weight is 677 g/mol. The number of imidazole rings is 1. The molecule has 2 aliphatic heterocycles. The number of aromatic nitrogens is 4. The molecule has 1 saturated carbocycles. The second-order valence-electron chi connectivity index (χ2n) is 14.0. The largest absolute Gasteiger partial charge is 0.383 e. The molecule has 0 radical (unpaired) electrons. The number of carbonyl (C=O) groups excluding carboxylic acids is 1. The lowest BCUT2D eigenvalue weighted by atomic mass is 9.73. The van der Waals surface area contributed by atoms with Crippen LogP contribution in [0.1, 0.15) is 50.5 Å². The van der Waals surface area contributed by atoms with Crippen LogP contribution in [-0.4, -0.2) is 77.6 Å². The fraction of sp³-hybridized carbons (Fsp3) is 0.333. The van der Waals surface area contributed by atoms with Crippen LogP contribution in [-0.2, 0) is 10.3 Å². The Balaban J connectivity index is 1.22. The number of halogens is 1. The van der Waals surface area contributed by atoms with Crippen molar-refractivity contribution >= 4 is 36.4 Å². The van der Waals surface area contributed by atoms with E-state index in [2.05, 4.69) is 4.98 Å². The number of amides is 1. The fourth-order valence-electron chi connectivity index (χ4n) is 7.95. The van der Waals surface area contributed by atoms with E-state index < -0.39 is 23.4 Å². The third kappa shape index (κ3) is 5.21. The predicted molar refractivity (Wildman–Crippen MR) is 189 cm³/mol. The summed E-state index contributed by atoms with van der Waals surface area (Å²) in [7, 11) is 1.39. The fourth-order valence-corrected chi connectivity index (χ4v) is 7.95. The molecule has 2 saturated heterocycles. The summed E-state index contributed by atoms with van der Waals surface area (Å²) in [4.78, 5) is 29.0. The maximum atomic E-state index is 16.7. The number of hydrogen-bond acceptors (Lipinski definition) is 10. The van der Waals surface area contributed by atoms with Gasteiger partial charge in [-0.2, -0.15) is 0 Å². The number of nitrogens with two attached hydrogens (primary N) is 2. The Morgan fingerprint density at radius 2 is 1.68 bits per heavy atom. The van der Waals surface area contributed by atoms with E-state index in [9.17, 15) is 20.1 Å². The van der Waals surface area contributed by atoms with Crippen LogP contribution >= 0.6 is 0 Å². The molecule has 3 aliphatic rings. The van der Waals surface area contributed by atoms with Gasteiger partial charge >= 0.3 is 0 Å². The molecular formula is C36H38BFN8O4. The third-order valence-electron chi connectivity index (χ3n) is 10.5. The Bertz CT molecular complexity index is 2120. The first-order valence-corrected chi connectivity index (χ1v) is 16.9. The van der Waals surface area contributed by atoms with Crippen molar-refractivity contribution in [1.82, 2.24) is 24.4 Å². The number of aliphatic hydroxyl groups is 3. The number of fused-ring (bicyclic) bond motifs is 1. The van der Waals surface area contributed by atoms with Crippen LogP contribution in [0.25, 0.3) is 39.5 Å². The van der Waals surface area contributed by atoms with Crippen LogP contribution in [0.2, 0.25) is 0 Å². The van der Waals surface area contributed by atoms with Crippen LogP contribution in [0, 0.1) is 5.82 Å². The number of nitrogens with zero attached hydrogens (tertiary/aromatic N) is 6. The molecule has 1 amide bonds. The number of anilines is 2. The maximum Gasteiger partial charge on any atom is 0.250 e. The predicted octanol–water partition coefficient (Wildman–Crippen LogP) is 2.72. The Morgan fingerprint density at radius 1 is 0.920 bits per heavy atom. The second kappa shape index (κ2) is 11.6. The smallest absolute Gasteiger partial charge is 0.250 e. The minimum absolute atomic E-state index is 0.00100. The molecule has 12 nitrogen and oxygen atoms in total. The topological polar surface area (TPSA) is 180 Å². The van der Waals surface area contributed by atoms with Crippen LogP contribution in [0.15, 0.2) is 72.9 Å². The molecule has 3 fully saturated rings. The Hall–Kier alpha value is -4.89. The molecule has 14 heteroatoms. The van der Waals surface area contributed by atoms with Gasteiger partial charge in [0.05, 0.1) is 16.9 Å². The van der Waals surface area contributed by atoms with E-state index in [-0.39, 0.29) is 47.1 Å². The van der Waals surface area contributed by atoms with Gasteiger partial charge in [-0.3, -0.25) is 14.3 Å². The van der Waals surface area contributed by atoms with Gasteiger partial charge in [-0.15, -0.1) is 0 Å². The van der Waals surface area contributed by atoms with E-state index in [1.807, 2.05) is 34.9 Å². The lowest BCUT2D eigenvalue weighted by Gasteiger charge is -2.54. The minimum Gasteiger partial charge on any atom is -0.383 e. The number of piperidine rings is 1. The molecule has 5 heterocycles. The van der Waals surface area contributed by atoms with Crippen LogP contribution in [0.4, 0.5) is 15.9 Å². The summed E-state index contributed by atoms with van der Waals surface area (Å²) in [5.41, 5.74) is 14.2. The summed E-state index contributed by atoms with van der Waals surface area (Å²) in [5, 5.41) is 34.2. The SMILES string of the molecule is BC1(O)CC(N2CCCC2=O)CC(O)(O)N1c1cccc(-c2ccc3nc(-c4cccnc4N)n(-c4ccc(C5(N)CCC5)cc4)c3n2)c1F. The molecule has 7 N–H and O–H groups in total. The Kier molecular flexibility index (Phi) is 7.49. The van der Waals surface area contributed by atoms with Gasteiger partial charge in [0, 0.05) is 54.8 Å². The highest BCUT2D eigenvalue weighted by atomic mass is 19.1. The highest BCUT2D eigenvalue weighted by Crippen LogP contribution is 2.43. The van der Waals surface area contributed by atoms with Gasteiger partial charge < -0.3 is 31.7 Å². The Labute approximate surface area is 288 Å². The van der Waals surface area contributed by atoms with Gasteiger partial charge in [-0.1, -0.05) is 18.2 Å². The van der Waals surface area contributed by atoms with E-state index in [1.165, 1.54) is 13.9 Å². The molecule has 2 unspecified atom stereocenters. The van der Waals surface area contributed by atoms with Crippen molar-refractivity contribution in [2.24, 2.45) is 5.73 Å². The molecule has 3 aromatic heterocycles. The summed E-state index contributed by atoms with van der Waals surface area (Å²) in [6, 6.07) is 18.8.